The Labute approximate surface area is 56.6 Å². The van der Waals surface area contributed by atoms with Crippen LogP contribution in [0.25, 0.3) is 0 Å². The number of hydrogen-bond acceptors (Lipinski definition) is 2. The Balaban J connectivity index is 2.51. The minimum Gasteiger partial charge on any atom is -0.368 e. The minimum absolute atomic E-state index is 0.444. The molecule has 0 aromatic carbocycles. The Hall–Kier alpha value is -0.710. The normalized spacial score (nSPS) is 30.4. The van der Waals surface area contributed by atoms with E-state index in [0.29, 0.717) is 0 Å². The van der Waals surface area contributed by atoms with E-state index in [-0.39, 0.29) is 0 Å². The number of amides is 1. The van der Waals surface area contributed by atoms with Crippen LogP contribution in [0.5, 0.6) is 0 Å². The van der Waals surface area contributed by atoms with E-state index in [0.717, 1.165) is 0 Å². The lowest BCUT2D eigenvalue weighted by atomic mass is 10.2. The molecular formula is C5H8F2N2O. The van der Waals surface area contributed by atoms with Gasteiger partial charge < -0.3 is 5.73 Å². The fraction of sp³-hybridized carbons (Fsp3) is 0.800. The van der Waals surface area contributed by atoms with Crippen molar-refractivity contribution in [2.24, 2.45) is 5.73 Å². The van der Waals surface area contributed by atoms with E-state index in [1.807, 2.05) is 0 Å². The molecule has 1 amide bonds. The molecule has 0 aliphatic carbocycles. The fourth-order valence-corrected chi connectivity index (χ4v) is 0.917. The fourth-order valence-electron chi connectivity index (χ4n) is 0.917. The minimum atomic E-state index is -2.76. The zero-order chi connectivity index (χ0) is 7.78. The molecular weight excluding hydrogens is 142 g/mol. The van der Waals surface area contributed by atoms with Gasteiger partial charge in [0.25, 0.3) is 5.92 Å². The van der Waals surface area contributed by atoms with Crippen LogP contribution in [0.4, 0.5) is 8.78 Å². The maximum Gasteiger partial charge on any atom is 0.262 e. The van der Waals surface area contributed by atoms with Gasteiger partial charge in [0.15, 0.2) is 0 Å². The highest BCUT2D eigenvalue weighted by Crippen LogP contribution is 2.24. The van der Waals surface area contributed by atoms with Gasteiger partial charge in [-0.1, -0.05) is 0 Å². The quantitative estimate of drug-likeness (QED) is 0.528. The van der Waals surface area contributed by atoms with Crippen molar-refractivity contribution in [1.29, 1.82) is 0 Å². The summed E-state index contributed by atoms with van der Waals surface area (Å²) in [5.41, 5.74) is 4.78. The number of halogens is 2. The Morgan fingerprint density at radius 1 is 1.70 bits per heavy atom. The van der Waals surface area contributed by atoms with Crippen LogP contribution < -0.4 is 11.1 Å². The van der Waals surface area contributed by atoms with Gasteiger partial charge in [0, 0.05) is 6.42 Å². The number of rotatable bonds is 1. The highest BCUT2D eigenvalue weighted by Gasteiger charge is 2.41. The molecule has 1 aliphatic heterocycles. The molecule has 5 heteroatoms. The molecule has 0 radical (unpaired) electrons. The second-order valence-corrected chi connectivity index (χ2v) is 2.40. The number of alkyl halides is 2. The average Bonchev–Trinajstić information content (AvgIpc) is 2.10. The molecule has 1 saturated heterocycles. The number of hydrogen-bond donors (Lipinski definition) is 2. The van der Waals surface area contributed by atoms with Crippen molar-refractivity contribution in [2.45, 2.75) is 18.4 Å². The Bertz CT molecular complexity index is 160. The number of carbonyl (C=O) groups excluding carboxylic acids is 1. The first kappa shape index (κ1) is 7.40. The van der Waals surface area contributed by atoms with E-state index in [1.54, 1.807) is 0 Å². The van der Waals surface area contributed by atoms with Gasteiger partial charge in [0.05, 0.1) is 12.6 Å². The third kappa shape index (κ3) is 1.41. The van der Waals surface area contributed by atoms with Crippen molar-refractivity contribution in [3.8, 4) is 0 Å². The molecule has 1 atom stereocenters. The van der Waals surface area contributed by atoms with E-state index < -0.39 is 30.8 Å². The van der Waals surface area contributed by atoms with Crippen LogP contribution in [0.1, 0.15) is 6.42 Å². The summed E-state index contributed by atoms with van der Waals surface area (Å²) in [5, 5.41) is 2.32. The number of nitrogens with one attached hydrogen (secondary N) is 1. The number of nitrogens with two attached hydrogens (primary N) is 1. The van der Waals surface area contributed by atoms with Crippen LogP contribution in [0.3, 0.4) is 0 Å². The SMILES string of the molecule is NC(=O)C1CC(F)(F)CN1. The second-order valence-electron chi connectivity index (χ2n) is 2.40. The van der Waals surface area contributed by atoms with Gasteiger partial charge in [-0.05, 0) is 0 Å². The predicted molar refractivity (Wildman–Crippen MR) is 30.5 cm³/mol. The van der Waals surface area contributed by atoms with Crippen LogP contribution >= 0.6 is 0 Å². The first-order chi connectivity index (χ1) is 4.51. The summed E-state index contributed by atoms with van der Waals surface area (Å²) in [7, 11) is 0. The Kier molecular flexibility index (Phi) is 1.60. The summed E-state index contributed by atoms with van der Waals surface area (Å²) in [4.78, 5) is 10.3. The van der Waals surface area contributed by atoms with Crippen LogP contribution in [0.2, 0.25) is 0 Å². The van der Waals surface area contributed by atoms with Crippen molar-refractivity contribution >= 4 is 5.91 Å². The van der Waals surface area contributed by atoms with Gasteiger partial charge >= 0.3 is 0 Å². The average molecular weight is 150 g/mol. The van der Waals surface area contributed by atoms with E-state index in [4.69, 9.17) is 5.73 Å². The second kappa shape index (κ2) is 2.16. The molecule has 1 rings (SSSR count). The highest BCUT2D eigenvalue weighted by atomic mass is 19.3. The summed E-state index contributed by atoms with van der Waals surface area (Å²) in [6, 6.07) is -0.852. The van der Waals surface area contributed by atoms with E-state index >= 15 is 0 Å². The first-order valence-corrected chi connectivity index (χ1v) is 2.92. The highest BCUT2D eigenvalue weighted by molar-refractivity contribution is 5.80. The summed E-state index contributed by atoms with van der Waals surface area (Å²) >= 11 is 0. The topological polar surface area (TPSA) is 55.1 Å². The third-order valence-electron chi connectivity index (χ3n) is 1.45. The van der Waals surface area contributed by atoms with Gasteiger partial charge in [-0.25, -0.2) is 8.78 Å². The lowest BCUT2D eigenvalue weighted by molar-refractivity contribution is -0.120. The molecule has 1 aliphatic rings. The van der Waals surface area contributed by atoms with E-state index in [2.05, 4.69) is 5.32 Å². The Morgan fingerprint density at radius 3 is 2.50 bits per heavy atom. The molecule has 1 unspecified atom stereocenters. The molecule has 1 heterocycles. The summed E-state index contributed by atoms with van der Waals surface area (Å²) < 4.78 is 24.6. The molecule has 0 aromatic heterocycles. The number of primary amides is 1. The van der Waals surface area contributed by atoms with Crippen LogP contribution in [0.15, 0.2) is 0 Å². The molecule has 10 heavy (non-hydrogen) atoms. The third-order valence-corrected chi connectivity index (χ3v) is 1.45. The summed E-state index contributed by atoms with van der Waals surface area (Å²) in [5.74, 6) is -3.48. The first-order valence-electron chi connectivity index (χ1n) is 2.92. The lowest BCUT2D eigenvalue weighted by Crippen LogP contribution is -2.36. The molecule has 1 fully saturated rings. The van der Waals surface area contributed by atoms with Gasteiger partial charge in [-0.15, -0.1) is 0 Å². The van der Waals surface area contributed by atoms with Crippen molar-refractivity contribution < 1.29 is 13.6 Å². The van der Waals surface area contributed by atoms with E-state index in [1.165, 1.54) is 0 Å². The zero-order valence-electron chi connectivity index (χ0n) is 5.23. The standard InChI is InChI=1S/C5H8F2N2O/c6-5(7)1-3(4(8)10)9-2-5/h3,9H,1-2H2,(H2,8,10). The lowest BCUT2D eigenvalue weighted by Gasteiger charge is -2.04. The summed E-state index contributed by atoms with van der Waals surface area (Å²) in [6.45, 7) is -0.444. The van der Waals surface area contributed by atoms with Crippen molar-refractivity contribution in [3.05, 3.63) is 0 Å². The molecule has 0 saturated carbocycles. The van der Waals surface area contributed by atoms with Crippen molar-refractivity contribution in [1.82, 2.24) is 5.32 Å². The zero-order valence-corrected chi connectivity index (χ0v) is 5.23. The number of carbonyl (C=O) groups is 1. The molecule has 0 bridgehead atoms. The van der Waals surface area contributed by atoms with Crippen molar-refractivity contribution in [2.75, 3.05) is 6.54 Å². The summed E-state index contributed by atoms with van der Waals surface area (Å²) in [6.07, 6.45) is -0.470. The monoisotopic (exact) mass is 150 g/mol. The van der Waals surface area contributed by atoms with Gasteiger partial charge in [0.1, 0.15) is 0 Å². The van der Waals surface area contributed by atoms with E-state index in [9.17, 15) is 13.6 Å². The van der Waals surface area contributed by atoms with Crippen LogP contribution in [-0.4, -0.2) is 24.4 Å². The molecule has 0 aromatic rings. The Morgan fingerprint density at radius 2 is 2.30 bits per heavy atom. The van der Waals surface area contributed by atoms with Gasteiger partial charge in [-0.2, -0.15) is 0 Å². The maximum absolute atomic E-state index is 12.3. The molecule has 58 valence electrons. The molecule has 3 N–H and O–H groups in total. The maximum atomic E-state index is 12.3. The van der Waals surface area contributed by atoms with Crippen LogP contribution in [-0.2, 0) is 4.79 Å². The predicted octanol–water partition coefficient (Wildman–Crippen LogP) is -0.531. The van der Waals surface area contributed by atoms with Crippen LogP contribution in [0, 0.1) is 0 Å². The van der Waals surface area contributed by atoms with Gasteiger partial charge in [-0.3, -0.25) is 10.1 Å². The largest absolute Gasteiger partial charge is 0.368 e. The van der Waals surface area contributed by atoms with Gasteiger partial charge in [0.2, 0.25) is 5.91 Å². The molecule has 0 spiro atoms. The smallest absolute Gasteiger partial charge is 0.262 e. The molecule has 3 nitrogen and oxygen atoms in total. The van der Waals surface area contributed by atoms with Crippen molar-refractivity contribution in [3.63, 3.8) is 0 Å².